The first kappa shape index (κ1) is 26.8. The molecule has 2 heterocycles. The van der Waals surface area contributed by atoms with Crippen molar-refractivity contribution in [2.45, 2.75) is 49.3 Å². The van der Waals surface area contributed by atoms with Crippen molar-refractivity contribution in [1.29, 1.82) is 0 Å². The molecule has 0 bridgehead atoms. The van der Waals surface area contributed by atoms with E-state index in [-0.39, 0.29) is 34.8 Å². The van der Waals surface area contributed by atoms with Gasteiger partial charge in [-0.2, -0.15) is 8.42 Å². The lowest BCUT2D eigenvalue weighted by molar-refractivity contribution is -0.131. The minimum Gasteiger partial charge on any atom is -0.489 e. The van der Waals surface area contributed by atoms with E-state index in [1.165, 1.54) is 18.2 Å². The Morgan fingerprint density at radius 1 is 1.05 bits per heavy atom. The molecule has 2 aliphatic heterocycles. The van der Waals surface area contributed by atoms with Gasteiger partial charge in [0.2, 0.25) is 5.91 Å². The van der Waals surface area contributed by atoms with Crippen LogP contribution in [0.1, 0.15) is 42.0 Å². The lowest BCUT2D eigenvalue weighted by atomic mass is 9.96. The standard InChI is InChI=1S/C21H23FN2O2.C7H8O3S/c1-24-13-12-21(20(24)25)11-10-19(23-21)15-6-8-17(9-7-15)26-14-16-4-2-3-5-18(16)22;1-6-2-4-7(5-3-6)11(8,9)10/h2-9,19,23H,10-14H2,1H3;2-5H,1H3,(H,8,9,10)/t19-,21-;/m1./s1. The van der Waals surface area contributed by atoms with E-state index in [0.717, 1.165) is 36.9 Å². The molecule has 0 aromatic heterocycles. The molecule has 0 saturated carbocycles. The summed E-state index contributed by atoms with van der Waals surface area (Å²) in [5.41, 5.74) is 2.28. The number of likely N-dealkylation sites (N-methyl/N-ethyl adjacent to an activating group) is 1. The van der Waals surface area contributed by atoms with E-state index in [1.54, 1.807) is 30.3 Å². The maximum absolute atomic E-state index is 13.6. The first-order chi connectivity index (χ1) is 17.6. The molecular weight excluding hydrogens is 495 g/mol. The summed E-state index contributed by atoms with van der Waals surface area (Å²) in [5, 5.41) is 3.57. The van der Waals surface area contributed by atoms with Gasteiger partial charge in [-0.25, -0.2) is 4.39 Å². The summed E-state index contributed by atoms with van der Waals surface area (Å²) < 4.78 is 48.9. The summed E-state index contributed by atoms with van der Waals surface area (Å²) in [4.78, 5) is 14.2. The van der Waals surface area contributed by atoms with Crippen molar-refractivity contribution in [2.24, 2.45) is 0 Å². The lowest BCUT2D eigenvalue weighted by Crippen LogP contribution is -2.47. The molecule has 2 atom stereocenters. The number of benzene rings is 3. The van der Waals surface area contributed by atoms with Gasteiger partial charge >= 0.3 is 0 Å². The third-order valence-electron chi connectivity index (χ3n) is 6.89. The Morgan fingerprint density at radius 2 is 1.73 bits per heavy atom. The van der Waals surface area contributed by atoms with Gasteiger partial charge in [-0.05, 0) is 62.1 Å². The van der Waals surface area contributed by atoms with Gasteiger partial charge in [-0.1, -0.05) is 48.0 Å². The maximum Gasteiger partial charge on any atom is 0.294 e. The quantitative estimate of drug-likeness (QED) is 0.469. The van der Waals surface area contributed by atoms with Crippen LogP contribution in [0.3, 0.4) is 0 Å². The fraction of sp³-hybridized carbons (Fsp3) is 0.321. The summed E-state index contributed by atoms with van der Waals surface area (Å²) in [5.74, 6) is 0.669. The molecule has 2 fully saturated rings. The van der Waals surface area contributed by atoms with Crippen LogP contribution in [0.4, 0.5) is 4.39 Å². The van der Waals surface area contributed by atoms with Crippen molar-refractivity contribution in [2.75, 3.05) is 13.6 Å². The van der Waals surface area contributed by atoms with Gasteiger partial charge in [0, 0.05) is 25.2 Å². The molecule has 0 radical (unpaired) electrons. The molecule has 0 aliphatic carbocycles. The zero-order valence-corrected chi connectivity index (χ0v) is 21.7. The second-order valence-corrected chi connectivity index (χ2v) is 11.0. The number of hydrogen-bond acceptors (Lipinski definition) is 5. The van der Waals surface area contributed by atoms with Gasteiger partial charge in [0.25, 0.3) is 10.1 Å². The van der Waals surface area contributed by atoms with Crippen molar-refractivity contribution >= 4 is 16.0 Å². The topological polar surface area (TPSA) is 95.9 Å². The predicted octanol–water partition coefficient (Wildman–Crippen LogP) is 4.67. The van der Waals surface area contributed by atoms with Gasteiger partial charge in [-0.15, -0.1) is 0 Å². The Bertz CT molecular complexity index is 1350. The molecular formula is C28H31FN2O5S. The Kier molecular flexibility index (Phi) is 7.96. The zero-order chi connectivity index (χ0) is 26.6. The normalized spacial score (nSPS) is 21.1. The number of nitrogens with one attached hydrogen (secondary N) is 1. The van der Waals surface area contributed by atoms with Crippen LogP contribution in [0.25, 0.3) is 0 Å². The second kappa shape index (κ2) is 11.0. The lowest BCUT2D eigenvalue weighted by Gasteiger charge is -2.23. The first-order valence-electron chi connectivity index (χ1n) is 12.1. The van der Waals surface area contributed by atoms with Crippen LogP contribution in [-0.2, 0) is 21.5 Å². The summed E-state index contributed by atoms with van der Waals surface area (Å²) in [6.45, 7) is 2.87. The van der Waals surface area contributed by atoms with Crippen molar-refractivity contribution in [3.8, 4) is 5.75 Å². The highest BCUT2D eigenvalue weighted by atomic mass is 32.2. The van der Waals surface area contributed by atoms with Gasteiger partial charge in [0.05, 0.1) is 4.90 Å². The number of carbonyl (C=O) groups is 1. The maximum atomic E-state index is 13.6. The van der Waals surface area contributed by atoms with Gasteiger partial charge in [-0.3, -0.25) is 14.7 Å². The van der Waals surface area contributed by atoms with Crippen LogP contribution in [0.2, 0.25) is 0 Å². The van der Waals surface area contributed by atoms with Crippen LogP contribution in [-0.4, -0.2) is 42.9 Å². The van der Waals surface area contributed by atoms with E-state index in [1.807, 2.05) is 43.1 Å². The van der Waals surface area contributed by atoms with E-state index in [4.69, 9.17) is 9.29 Å². The number of ether oxygens (including phenoxy) is 1. The molecule has 2 N–H and O–H groups in total. The number of rotatable bonds is 5. The molecule has 1 amide bonds. The number of carbonyl (C=O) groups excluding carboxylic acids is 1. The van der Waals surface area contributed by atoms with E-state index in [9.17, 15) is 17.6 Å². The molecule has 2 aliphatic rings. The molecule has 5 rings (SSSR count). The summed E-state index contributed by atoms with van der Waals surface area (Å²) >= 11 is 0. The van der Waals surface area contributed by atoms with E-state index >= 15 is 0 Å². The van der Waals surface area contributed by atoms with Gasteiger partial charge < -0.3 is 9.64 Å². The third-order valence-corrected chi connectivity index (χ3v) is 7.76. The molecule has 37 heavy (non-hydrogen) atoms. The first-order valence-corrected chi connectivity index (χ1v) is 13.5. The van der Waals surface area contributed by atoms with Crippen LogP contribution in [0.15, 0.2) is 77.7 Å². The number of halogens is 1. The fourth-order valence-electron chi connectivity index (χ4n) is 4.70. The van der Waals surface area contributed by atoms with Crippen LogP contribution >= 0.6 is 0 Å². The Balaban J connectivity index is 0.000000245. The monoisotopic (exact) mass is 526 g/mol. The van der Waals surface area contributed by atoms with Crippen LogP contribution in [0.5, 0.6) is 5.75 Å². The van der Waals surface area contributed by atoms with Crippen molar-refractivity contribution in [3.63, 3.8) is 0 Å². The highest BCUT2D eigenvalue weighted by molar-refractivity contribution is 7.85. The van der Waals surface area contributed by atoms with Gasteiger partial charge in [0.15, 0.2) is 0 Å². The molecule has 9 heteroatoms. The third kappa shape index (κ3) is 6.36. The summed E-state index contributed by atoms with van der Waals surface area (Å²) in [7, 11) is -2.15. The summed E-state index contributed by atoms with van der Waals surface area (Å²) in [6, 6.07) is 20.7. The highest BCUT2D eigenvalue weighted by Gasteiger charge is 2.49. The zero-order valence-electron chi connectivity index (χ0n) is 20.9. The Hall–Kier alpha value is -3.27. The molecule has 2 saturated heterocycles. The molecule has 1 spiro atoms. The SMILES string of the molecule is CN1CC[C@]2(CC[C@H](c3ccc(OCc4ccccc4F)cc3)N2)C1=O.Cc1ccc(S(=O)(=O)O)cc1. The largest absolute Gasteiger partial charge is 0.489 e. The average molecular weight is 527 g/mol. The van der Waals surface area contributed by atoms with Crippen molar-refractivity contribution in [3.05, 3.63) is 95.3 Å². The van der Waals surface area contributed by atoms with Crippen molar-refractivity contribution < 1.29 is 26.9 Å². The second-order valence-electron chi connectivity index (χ2n) is 9.53. The number of nitrogens with zero attached hydrogens (tertiary/aromatic N) is 1. The molecule has 3 aromatic carbocycles. The fourth-order valence-corrected chi connectivity index (χ4v) is 5.18. The van der Waals surface area contributed by atoms with E-state index < -0.39 is 10.1 Å². The Morgan fingerprint density at radius 3 is 2.32 bits per heavy atom. The van der Waals surface area contributed by atoms with Crippen molar-refractivity contribution in [1.82, 2.24) is 10.2 Å². The molecule has 196 valence electrons. The van der Waals surface area contributed by atoms with E-state index in [0.29, 0.717) is 11.3 Å². The molecule has 0 unspecified atom stereocenters. The molecule has 3 aromatic rings. The predicted molar refractivity (Wildman–Crippen MR) is 138 cm³/mol. The average Bonchev–Trinajstić information content (AvgIpc) is 3.43. The highest BCUT2D eigenvalue weighted by Crippen LogP contribution is 2.39. The van der Waals surface area contributed by atoms with Crippen LogP contribution in [0, 0.1) is 12.7 Å². The van der Waals surface area contributed by atoms with Gasteiger partial charge in [0.1, 0.15) is 23.7 Å². The smallest absolute Gasteiger partial charge is 0.294 e. The summed E-state index contributed by atoms with van der Waals surface area (Å²) in [6.07, 6.45) is 2.71. The Labute approximate surface area is 217 Å². The van der Waals surface area contributed by atoms with Crippen LogP contribution < -0.4 is 10.1 Å². The number of likely N-dealkylation sites (tertiary alicyclic amines) is 1. The molecule has 7 nitrogen and oxygen atoms in total. The minimum absolute atomic E-state index is 0.0666. The number of amides is 1. The number of hydrogen-bond donors (Lipinski definition) is 2. The van der Waals surface area contributed by atoms with E-state index in [2.05, 4.69) is 5.32 Å². The minimum atomic E-state index is -4.02. The number of aryl methyl sites for hydroxylation is 1.